The molecule has 0 aromatic heterocycles. The molecule has 1 atom stereocenters. The maximum Gasteiger partial charge on any atom is 0.251 e. The number of fused-ring (bicyclic) bond motifs is 1. The van der Waals surface area contributed by atoms with Crippen molar-refractivity contribution in [3.63, 3.8) is 0 Å². The second kappa shape index (κ2) is 2.17. The van der Waals surface area contributed by atoms with Crippen molar-refractivity contribution in [2.45, 2.75) is 18.9 Å². The SMILES string of the molecule is CN1C(=O)C2CCCN2C1=S. The molecule has 3 nitrogen and oxygen atoms in total. The molecule has 0 radical (unpaired) electrons. The second-order valence-corrected chi connectivity index (χ2v) is 3.40. The van der Waals surface area contributed by atoms with E-state index in [0.717, 1.165) is 19.4 Å². The zero-order valence-electron chi connectivity index (χ0n) is 6.41. The molecule has 0 aromatic rings. The Hall–Kier alpha value is -0.640. The van der Waals surface area contributed by atoms with Crippen molar-refractivity contribution < 1.29 is 4.79 Å². The van der Waals surface area contributed by atoms with Gasteiger partial charge < -0.3 is 4.90 Å². The zero-order chi connectivity index (χ0) is 8.01. The molecular formula is C7H10N2OS. The molecule has 2 aliphatic rings. The highest BCUT2D eigenvalue weighted by Crippen LogP contribution is 2.25. The van der Waals surface area contributed by atoms with E-state index < -0.39 is 0 Å². The van der Waals surface area contributed by atoms with Crippen LogP contribution in [0.2, 0.25) is 0 Å². The highest BCUT2D eigenvalue weighted by atomic mass is 32.1. The summed E-state index contributed by atoms with van der Waals surface area (Å²) in [5.74, 6) is 0.174. The first kappa shape index (κ1) is 7.03. The lowest BCUT2D eigenvalue weighted by Crippen LogP contribution is -2.29. The Morgan fingerprint density at radius 1 is 1.64 bits per heavy atom. The van der Waals surface area contributed by atoms with Gasteiger partial charge in [0.25, 0.3) is 5.91 Å². The first-order chi connectivity index (χ1) is 5.22. The Balaban J connectivity index is 2.30. The van der Waals surface area contributed by atoms with Crippen molar-refractivity contribution in [3.05, 3.63) is 0 Å². The summed E-state index contributed by atoms with van der Waals surface area (Å²) in [5, 5.41) is 0.706. The number of likely N-dealkylation sites (N-methyl/N-ethyl adjacent to an activating group) is 1. The lowest BCUT2D eigenvalue weighted by molar-refractivity contribution is -0.126. The van der Waals surface area contributed by atoms with E-state index in [-0.39, 0.29) is 11.9 Å². The molecule has 2 saturated heterocycles. The molecule has 2 rings (SSSR count). The van der Waals surface area contributed by atoms with E-state index in [1.54, 1.807) is 11.9 Å². The molecule has 11 heavy (non-hydrogen) atoms. The average molecular weight is 170 g/mol. The number of nitrogens with zero attached hydrogens (tertiary/aromatic N) is 2. The largest absolute Gasteiger partial charge is 0.337 e. The summed E-state index contributed by atoms with van der Waals surface area (Å²) in [6.45, 7) is 0.958. The van der Waals surface area contributed by atoms with E-state index in [1.807, 2.05) is 4.90 Å². The van der Waals surface area contributed by atoms with Crippen molar-refractivity contribution in [2.75, 3.05) is 13.6 Å². The number of thiocarbonyl (C=S) groups is 1. The number of amides is 1. The first-order valence-electron chi connectivity index (χ1n) is 3.80. The van der Waals surface area contributed by atoms with Crippen LogP contribution in [0.25, 0.3) is 0 Å². The molecule has 4 heteroatoms. The van der Waals surface area contributed by atoms with Crippen LogP contribution in [0.1, 0.15) is 12.8 Å². The Labute approximate surface area is 71.0 Å². The predicted molar refractivity (Wildman–Crippen MR) is 45.1 cm³/mol. The van der Waals surface area contributed by atoms with Gasteiger partial charge in [0.05, 0.1) is 0 Å². The molecule has 1 amide bonds. The van der Waals surface area contributed by atoms with Crippen LogP contribution in [0.5, 0.6) is 0 Å². The monoisotopic (exact) mass is 170 g/mol. The van der Waals surface area contributed by atoms with Crippen LogP contribution in [-0.2, 0) is 4.79 Å². The van der Waals surface area contributed by atoms with Gasteiger partial charge in [-0.05, 0) is 25.1 Å². The summed E-state index contributed by atoms with van der Waals surface area (Å²) >= 11 is 5.09. The van der Waals surface area contributed by atoms with Gasteiger partial charge in [-0.25, -0.2) is 0 Å². The van der Waals surface area contributed by atoms with E-state index in [1.165, 1.54) is 0 Å². The molecular weight excluding hydrogens is 160 g/mol. The average Bonchev–Trinajstić information content (AvgIpc) is 2.53. The van der Waals surface area contributed by atoms with Gasteiger partial charge in [0.1, 0.15) is 6.04 Å². The molecule has 1 unspecified atom stereocenters. The topological polar surface area (TPSA) is 23.6 Å². The Bertz CT molecular complexity index is 206. The van der Waals surface area contributed by atoms with Gasteiger partial charge in [-0.3, -0.25) is 9.69 Å². The fourth-order valence-electron chi connectivity index (χ4n) is 1.76. The summed E-state index contributed by atoms with van der Waals surface area (Å²) in [7, 11) is 1.75. The summed E-state index contributed by atoms with van der Waals surface area (Å²) in [6, 6.07) is 0.0764. The minimum atomic E-state index is 0.0764. The van der Waals surface area contributed by atoms with Gasteiger partial charge >= 0.3 is 0 Å². The van der Waals surface area contributed by atoms with Crippen molar-refractivity contribution in [2.24, 2.45) is 0 Å². The molecule has 0 saturated carbocycles. The lowest BCUT2D eigenvalue weighted by atomic mass is 10.2. The maximum atomic E-state index is 11.4. The number of hydrogen-bond acceptors (Lipinski definition) is 2. The van der Waals surface area contributed by atoms with Gasteiger partial charge in [-0.2, -0.15) is 0 Å². The highest BCUT2D eigenvalue weighted by Gasteiger charge is 2.42. The van der Waals surface area contributed by atoms with E-state index in [4.69, 9.17) is 12.2 Å². The van der Waals surface area contributed by atoms with Crippen molar-refractivity contribution in [1.29, 1.82) is 0 Å². The summed E-state index contributed by atoms with van der Waals surface area (Å²) in [5.41, 5.74) is 0. The van der Waals surface area contributed by atoms with Crippen LogP contribution < -0.4 is 0 Å². The van der Waals surface area contributed by atoms with Gasteiger partial charge in [-0.15, -0.1) is 0 Å². The quantitative estimate of drug-likeness (QED) is 0.485. The number of hydrogen-bond donors (Lipinski definition) is 0. The Morgan fingerprint density at radius 3 is 3.00 bits per heavy atom. The van der Waals surface area contributed by atoms with Gasteiger partial charge in [0.2, 0.25) is 0 Å². The molecule has 2 aliphatic heterocycles. The number of rotatable bonds is 0. The molecule has 2 fully saturated rings. The van der Waals surface area contributed by atoms with Crippen molar-refractivity contribution in [3.8, 4) is 0 Å². The maximum absolute atomic E-state index is 11.4. The molecule has 0 spiro atoms. The smallest absolute Gasteiger partial charge is 0.251 e. The third kappa shape index (κ3) is 0.788. The molecule has 60 valence electrons. The molecule has 2 heterocycles. The Morgan fingerprint density at radius 2 is 2.36 bits per heavy atom. The van der Waals surface area contributed by atoms with E-state index in [2.05, 4.69) is 0 Å². The van der Waals surface area contributed by atoms with E-state index in [9.17, 15) is 4.79 Å². The van der Waals surface area contributed by atoms with E-state index >= 15 is 0 Å². The van der Waals surface area contributed by atoms with E-state index in [0.29, 0.717) is 5.11 Å². The fraction of sp³-hybridized carbons (Fsp3) is 0.714. The number of carbonyl (C=O) groups is 1. The van der Waals surface area contributed by atoms with Crippen molar-refractivity contribution >= 4 is 23.2 Å². The third-order valence-corrected chi connectivity index (χ3v) is 2.91. The minimum absolute atomic E-state index is 0.0764. The predicted octanol–water partition coefficient (Wildman–Crippen LogP) is 0.208. The first-order valence-corrected chi connectivity index (χ1v) is 4.21. The molecule has 0 aromatic carbocycles. The summed E-state index contributed by atoms with van der Waals surface area (Å²) < 4.78 is 0. The van der Waals surface area contributed by atoms with Crippen LogP contribution in [0.3, 0.4) is 0 Å². The van der Waals surface area contributed by atoms with Crippen LogP contribution >= 0.6 is 12.2 Å². The molecule has 0 bridgehead atoms. The van der Waals surface area contributed by atoms with Gasteiger partial charge in [-0.1, -0.05) is 0 Å². The van der Waals surface area contributed by atoms with Crippen LogP contribution in [0.15, 0.2) is 0 Å². The Kier molecular flexibility index (Phi) is 1.39. The van der Waals surface area contributed by atoms with Crippen LogP contribution in [0, 0.1) is 0 Å². The van der Waals surface area contributed by atoms with Crippen LogP contribution in [0.4, 0.5) is 0 Å². The van der Waals surface area contributed by atoms with Crippen LogP contribution in [-0.4, -0.2) is 40.5 Å². The lowest BCUT2D eigenvalue weighted by Gasteiger charge is -2.14. The molecule has 0 N–H and O–H groups in total. The fourth-order valence-corrected chi connectivity index (χ4v) is 2.07. The normalized spacial score (nSPS) is 30.1. The van der Waals surface area contributed by atoms with Crippen molar-refractivity contribution in [1.82, 2.24) is 9.80 Å². The zero-order valence-corrected chi connectivity index (χ0v) is 7.23. The minimum Gasteiger partial charge on any atom is -0.337 e. The summed E-state index contributed by atoms with van der Waals surface area (Å²) in [6.07, 6.45) is 2.08. The summed E-state index contributed by atoms with van der Waals surface area (Å²) in [4.78, 5) is 15.0. The third-order valence-electron chi connectivity index (χ3n) is 2.40. The highest BCUT2D eigenvalue weighted by molar-refractivity contribution is 7.80. The second-order valence-electron chi connectivity index (χ2n) is 3.03. The van der Waals surface area contributed by atoms with Gasteiger partial charge in [0.15, 0.2) is 5.11 Å². The standard InChI is InChI=1S/C7H10N2OS/c1-8-6(10)5-3-2-4-9(5)7(8)11/h5H,2-4H2,1H3. The number of carbonyl (C=O) groups excluding carboxylic acids is 1. The van der Waals surface area contributed by atoms with Gasteiger partial charge in [0, 0.05) is 13.6 Å². The molecule has 0 aliphatic carbocycles.